The lowest BCUT2D eigenvalue weighted by Crippen LogP contribution is -2.23. The minimum absolute atomic E-state index is 0.486. The molecule has 0 amide bonds. The van der Waals surface area contributed by atoms with Gasteiger partial charge in [-0.05, 0) is 19.1 Å². The standard InChI is InChI=1S/C11H17N3/c1-3-8-14(4-2)11-7-5-6-10(9-12)13-11/h3,5-7H,1,4,8-9,12H2,2H3. The molecule has 0 saturated carbocycles. The Morgan fingerprint density at radius 2 is 2.36 bits per heavy atom. The molecule has 0 atom stereocenters. The number of nitrogens with zero attached hydrogens (tertiary/aromatic N) is 2. The molecule has 1 rings (SSSR count). The molecule has 0 aliphatic carbocycles. The van der Waals surface area contributed by atoms with Crippen molar-refractivity contribution in [2.24, 2.45) is 5.73 Å². The van der Waals surface area contributed by atoms with Crippen LogP contribution in [-0.2, 0) is 6.54 Å². The number of rotatable bonds is 5. The van der Waals surface area contributed by atoms with Crippen molar-refractivity contribution in [3.63, 3.8) is 0 Å². The average Bonchev–Trinajstić information content (AvgIpc) is 2.26. The van der Waals surface area contributed by atoms with Crippen molar-refractivity contribution in [3.8, 4) is 0 Å². The van der Waals surface area contributed by atoms with Gasteiger partial charge in [-0.25, -0.2) is 4.98 Å². The minimum atomic E-state index is 0.486. The molecule has 14 heavy (non-hydrogen) atoms. The van der Waals surface area contributed by atoms with Crippen LogP contribution in [0, 0.1) is 0 Å². The lowest BCUT2D eigenvalue weighted by Gasteiger charge is -2.20. The van der Waals surface area contributed by atoms with Crippen molar-refractivity contribution < 1.29 is 0 Å². The van der Waals surface area contributed by atoms with E-state index < -0.39 is 0 Å². The van der Waals surface area contributed by atoms with E-state index in [0.29, 0.717) is 6.54 Å². The fourth-order valence-corrected chi connectivity index (χ4v) is 1.30. The van der Waals surface area contributed by atoms with E-state index in [0.717, 1.165) is 24.6 Å². The van der Waals surface area contributed by atoms with E-state index in [1.165, 1.54) is 0 Å². The third-order valence-electron chi connectivity index (χ3n) is 2.06. The summed E-state index contributed by atoms with van der Waals surface area (Å²) >= 11 is 0. The van der Waals surface area contributed by atoms with Crippen LogP contribution in [-0.4, -0.2) is 18.1 Å². The SMILES string of the molecule is C=CCN(CC)c1cccc(CN)n1. The molecule has 0 radical (unpaired) electrons. The van der Waals surface area contributed by atoms with Crippen molar-refractivity contribution in [2.75, 3.05) is 18.0 Å². The van der Waals surface area contributed by atoms with Gasteiger partial charge in [-0.3, -0.25) is 0 Å². The Balaban J connectivity index is 2.85. The Hall–Kier alpha value is -1.35. The van der Waals surface area contributed by atoms with E-state index in [1.807, 2.05) is 24.3 Å². The summed E-state index contributed by atoms with van der Waals surface area (Å²) in [5.41, 5.74) is 6.45. The summed E-state index contributed by atoms with van der Waals surface area (Å²) in [6.07, 6.45) is 1.88. The van der Waals surface area contributed by atoms with Gasteiger partial charge in [-0.15, -0.1) is 6.58 Å². The summed E-state index contributed by atoms with van der Waals surface area (Å²) in [5, 5.41) is 0. The summed E-state index contributed by atoms with van der Waals surface area (Å²) in [6.45, 7) is 8.05. The third-order valence-corrected chi connectivity index (χ3v) is 2.06. The van der Waals surface area contributed by atoms with Gasteiger partial charge < -0.3 is 10.6 Å². The number of hydrogen-bond donors (Lipinski definition) is 1. The molecule has 0 unspecified atom stereocenters. The van der Waals surface area contributed by atoms with Gasteiger partial charge in [0.1, 0.15) is 5.82 Å². The normalized spacial score (nSPS) is 9.86. The third kappa shape index (κ3) is 2.57. The molecule has 1 aromatic rings. The zero-order chi connectivity index (χ0) is 10.4. The molecular weight excluding hydrogens is 174 g/mol. The fraction of sp³-hybridized carbons (Fsp3) is 0.364. The van der Waals surface area contributed by atoms with E-state index in [2.05, 4.69) is 23.4 Å². The van der Waals surface area contributed by atoms with Gasteiger partial charge in [-0.2, -0.15) is 0 Å². The molecule has 0 aliphatic heterocycles. The first kappa shape index (κ1) is 10.7. The number of nitrogens with two attached hydrogens (primary N) is 1. The molecule has 1 aromatic heterocycles. The predicted octanol–water partition coefficient (Wildman–Crippen LogP) is 1.55. The molecule has 76 valence electrons. The molecule has 0 aromatic carbocycles. The average molecular weight is 191 g/mol. The fourth-order valence-electron chi connectivity index (χ4n) is 1.30. The first-order chi connectivity index (χ1) is 6.81. The second kappa shape index (κ2) is 5.40. The first-order valence-electron chi connectivity index (χ1n) is 4.83. The van der Waals surface area contributed by atoms with Gasteiger partial charge in [0.05, 0.1) is 5.69 Å². The molecule has 2 N–H and O–H groups in total. The molecule has 0 fully saturated rings. The van der Waals surface area contributed by atoms with Crippen LogP contribution in [0.25, 0.3) is 0 Å². The van der Waals surface area contributed by atoms with Gasteiger partial charge in [0.25, 0.3) is 0 Å². The monoisotopic (exact) mass is 191 g/mol. The Morgan fingerprint density at radius 3 is 2.93 bits per heavy atom. The Labute approximate surface area is 85.3 Å². The van der Waals surface area contributed by atoms with Crippen LogP contribution >= 0.6 is 0 Å². The van der Waals surface area contributed by atoms with Gasteiger partial charge in [-0.1, -0.05) is 12.1 Å². The van der Waals surface area contributed by atoms with Gasteiger partial charge >= 0.3 is 0 Å². The second-order valence-corrected chi connectivity index (χ2v) is 3.02. The lowest BCUT2D eigenvalue weighted by molar-refractivity contribution is 0.866. The van der Waals surface area contributed by atoms with Crippen LogP contribution in [0.4, 0.5) is 5.82 Å². The maximum absolute atomic E-state index is 5.53. The van der Waals surface area contributed by atoms with Crippen LogP contribution in [0.2, 0.25) is 0 Å². The topological polar surface area (TPSA) is 42.1 Å². The van der Waals surface area contributed by atoms with Gasteiger partial charge in [0.2, 0.25) is 0 Å². The highest BCUT2D eigenvalue weighted by molar-refractivity contribution is 5.39. The lowest BCUT2D eigenvalue weighted by atomic mass is 10.3. The maximum Gasteiger partial charge on any atom is 0.129 e. The summed E-state index contributed by atoms with van der Waals surface area (Å²) in [5.74, 6) is 0.968. The molecule has 3 heteroatoms. The number of aromatic nitrogens is 1. The van der Waals surface area contributed by atoms with Crippen LogP contribution in [0.5, 0.6) is 0 Å². The van der Waals surface area contributed by atoms with Crippen molar-refractivity contribution in [2.45, 2.75) is 13.5 Å². The van der Waals surface area contributed by atoms with Crippen molar-refractivity contribution in [1.29, 1.82) is 0 Å². The summed E-state index contributed by atoms with van der Waals surface area (Å²) in [4.78, 5) is 6.58. The van der Waals surface area contributed by atoms with Gasteiger partial charge in [0.15, 0.2) is 0 Å². The summed E-state index contributed by atoms with van der Waals surface area (Å²) in [7, 11) is 0. The number of likely N-dealkylation sites (N-methyl/N-ethyl adjacent to an activating group) is 1. The quantitative estimate of drug-likeness (QED) is 0.718. The molecule has 3 nitrogen and oxygen atoms in total. The zero-order valence-corrected chi connectivity index (χ0v) is 8.61. The van der Waals surface area contributed by atoms with Crippen LogP contribution < -0.4 is 10.6 Å². The smallest absolute Gasteiger partial charge is 0.129 e. The van der Waals surface area contributed by atoms with Crippen LogP contribution in [0.1, 0.15) is 12.6 Å². The Morgan fingerprint density at radius 1 is 1.57 bits per heavy atom. The van der Waals surface area contributed by atoms with Crippen LogP contribution in [0.15, 0.2) is 30.9 Å². The molecular formula is C11H17N3. The number of hydrogen-bond acceptors (Lipinski definition) is 3. The summed E-state index contributed by atoms with van der Waals surface area (Å²) < 4.78 is 0. The highest BCUT2D eigenvalue weighted by atomic mass is 15.2. The molecule has 1 heterocycles. The largest absolute Gasteiger partial charge is 0.353 e. The number of anilines is 1. The minimum Gasteiger partial charge on any atom is -0.353 e. The number of pyridine rings is 1. The highest BCUT2D eigenvalue weighted by Gasteiger charge is 2.03. The van der Waals surface area contributed by atoms with E-state index in [1.54, 1.807) is 0 Å². The summed E-state index contributed by atoms with van der Waals surface area (Å²) in [6, 6.07) is 5.91. The van der Waals surface area contributed by atoms with E-state index in [4.69, 9.17) is 5.73 Å². The zero-order valence-electron chi connectivity index (χ0n) is 8.61. The second-order valence-electron chi connectivity index (χ2n) is 3.02. The Kier molecular flexibility index (Phi) is 4.13. The highest BCUT2D eigenvalue weighted by Crippen LogP contribution is 2.10. The van der Waals surface area contributed by atoms with Crippen molar-refractivity contribution >= 4 is 5.82 Å². The molecule has 0 aliphatic rings. The van der Waals surface area contributed by atoms with Crippen LogP contribution in [0.3, 0.4) is 0 Å². The van der Waals surface area contributed by atoms with E-state index >= 15 is 0 Å². The Bertz CT molecular complexity index is 296. The van der Waals surface area contributed by atoms with Crippen molar-refractivity contribution in [3.05, 3.63) is 36.5 Å². The predicted molar refractivity (Wildman–Crippen MR) is 60.2 cm³/mol. The van der Waals surface area contributed by atoms with E-state index in [9.17, 15) is 0 Å². The molecule has 0 bridgehead atoms. The first-order valence-corrected chi connectivity index (χ1v) is 4.83. The maximum atomic E-state index is 5.53. The van der Waals surface area contributed by atoms with E-state index in [-0.39, 0.29) is 0 Å². The molecule has 0 spiro atoms. The van der Waals surface area contributed by atoms with Crippen molar-refractivity contribution in [1.82, 2.24) is 4.98 Å². The van der Waals surface area contributed by atoms with Gasteiger partial charge in [0, 0.05) is 19.6 Å². The molecule has 0 saturated heterocycles.